The molecule has 0 spiro atoms. The molecule has 1 saturated carbocycles. The molecule has 0 saturated heterocycles. The normalized spacial score (nSPS) is 17.0. The van der Waals surface area contributed by atoms with Crippen LogP contribution in [-0.2, 0) is 6.54 Å². The number of nitrogens with one attached hydrogen (secondary N) is 2. The van der Waals surface area contributed by atoms with Crippen molar-refractivity contribution < 1.29 is 0 Å². The summed E-state index contributed by atoms with van der Waals surface area (Å²) in [6.45, 7) is 4.05. The Balaban J connectivity index is 1.58. The molecule has 108 valence electrons. The van der Waals surface area contributed by atoms with Crippen LogP contribution in [0.15, 0.2) is 24.3 Å². The molecule has 1 unspecified atom stereocenters. The van der Waals surface area contributed by atoms with Gasteiger partial charge in [-0.2, -0.15) is 0 Å². The first-order valence-electron chi connectivity index (χ1n) is 7.34. The second-order valence-electron chi connectivity index (χ2n) is 5.84. The third-order valence-corrected chi connectivity index (χ3v) is 4.71. The fourth-order valence-electron chi connectivity index (χ4n) is 2.68. The summed E-state index contributed by atoms with van der Waals surface area (Å²) < 4.78 is 0. The Hall–Kier alpha value is -1.03. The molecule has 0 bridgehead atoms. The Kier molecular flexibility index (Phi) is 4.01. The monoisotopic (exact) mass is 291 g/mol. The highest BCUT2D eigenvalue weighted by atomic mass is 35.5. The number of nitrogens with zero attached hydrogens (tertiary/aromatic N) is 1. The summed E-state index contributed by atoms with van der Waals surface area (Å²) >= 11 is 6.41. The van der Waals surface area contributed by atoms with Gasteiger partial charge in [-0.05, 0) is 32.9 Å². The average Bonchev–Trinajstić information content (AvgIpc) is 3.25. The highest BCUT2D eigenvalue weighted by Crippen LogP contribution is 2.28. The van der Waals surface area contributed by atoms with E-state index in [1.807, 2.05) is 12.1 Å². The smallest absolute Gasteiger partial charge is 0.0705 e. The molecule has 1 atom stereocenters. The van der Waals surface area contributed by atoms with Gasteiger partial charge < -0.3 is 10.3 Å². The molecule has 2 N–H and O–H groups in total. The molecule has 1 aromatic heterocycles. The van der Waals surface area contributed by atoms with Crippen molar-refractivity contribution >= 4 is 22.5 Å². The standard InChI is InChI=1S/C16H22ClN3/c1-11(20(2)12-7-8-12)9-18-10-15-16(17)13-5-3-4-6-14(13)19-15/h3-6,11-12,18-19H,7-10H2,1-2H3. The van der Waals surface area contributed by atoms with Gasteiger partial charge in [0.15, 0.2) is 0 Å². The van der Waals surface area contributed by atoms with Crippen LogP contribution in [-0.4, -0.2) is 35.6 Å². The van der Waals surface area contributed by atoms with E-state index in [1.54, 1.807) is 0 Å². The Bertz CT molecular complexity index is 588. The van der Waals surface area contributed by atoms with Gasteiger partial charge in [0.05, 0.1) is 5.02 Å². The van der Waals surface area contributed by atoms with Crippen molar-refractivity contribution in [3.05, 3.63) is 35.0 Å². The zero-order chi connectivity index (χ0) is 14.1. The second-order valence-corrected chi connectivity index (χ2v) is 6.22. The van der Waals surface area contributed by atoms with E-state index in [2.05, 4.69) is 41.3 Å². The van der Waals surface area contributed by atoms with E-state index >= 15 is 0 Å². The summed E-state index contributed by atoms with van der Waals surface area (Å²) in [5, 5.41) is 5.46. The minimum absolute atomic E-state index is 0.561. The minimum atomic E-state index is 0.561. The summed E-state index contributed by atoms with van der Waals surface area (Å²) in [6, 6.07) is 9.54. The molecular weight excluding hydrogens is 270 g/mol. The third kappa shape index (κ3) is 2.85. The predicted octanol–water partition coefficient (Wildman–Crippen LogP) is 3.39. The van der Waals surface area contributed by atoms with E-state index in [0.29, 0.717) is 6.04 Å². The van der Waals surface area contributed by atoms with Crippen LogP contribution in [0.5, 0.6) is 0 Å². The fourth-order valence-corrected chi connectivity index (χ4v) is 2.96. The third-order valence-electron chi connectivity index (χ3n) is 4.27. The zero-order valence-electron chi connectivity index (χ0n) is 12.1. The van der Waals surface area contributed by atoms with Gasteiger partial charge in [-0.1, -0.05) is 29.8 Å². The fraction of sp³-hybridized carbons (Fsp3) is 0.500. The molecule has 4 heteroatoms. The number of fused-ring (bicyclic) bond motifs is 1. The molecule has 1 aromatic carbocycles. The molecule has 1 fully saturated rings. The number of aromatic amines is 1. The number of hydrogen-bond acceptors (Lipinski definition) is 2. The van der Waals surface area contributed by atoms with E-state index in [1.165, 1.54) is 12.8 Å². The number of benzene rings is 1. The van der Waals surface area contributed by atoms with Crippen LogP contribution < -0.4 is 5.32 Å². The number of aromatic nitrogens is 1. The second kappa shape index (κ2) is 5.76. The van der Waals surface area contributed by atoms with Crippen molar-refractivity contribution in [3.8, 4) is 0 Å². The molecule has 0 amide bonds. The summed E-state index contributed by atoms with van der Waals surface area (Å²) in [5.74, 6) is 0. The number of rotatable bonds is 6. The Morgan fingerprint density at radius 1 is 1.40 bits per heavy atom. The van der Waals surface area contributed by atoms with E-state index in [4.69, 9.17) is 11.6 Å². The van der Waals surface area contributed by atoms with Crippen LogP contribution in [0, 0.1) is 0 Å². The largest absolute Gasteiger partial charge is 0.356 e. The number of halogens is 1. The van der Waals surface area contributed by atoms with Crippen LogP contribution >= 0.6 is 11.6 Å². The SMILES string of the molecule is CC(CNCc1[nH]c2ccccc2c1Cl)N(C)C1CC1. The molecule has 0 aliphatic heterocycles. The van der Waals surface area contributed by atoms with Gasteiger partial charge in [0, 0.05) is 41.8 Å². The first-order chi connectivity index (χ1) is 9.66. The summed E-state index contributed by atoms with van der Waals surface area (Å²) in [5.41, 5.74) is 2.19. The minimum Gasteiger partial charge on any atom is -0.356 e. The van der Waals surface area contributed by atoms with Gasteiger partial charge in [-0.25, -0.2) is 0 Å². The van der Waals surface area contributed by atoms with E-state index in [-0.39, 0.29) is 0 Å². The molecule has 20 heavy (non-hydrogen) atoms. The van der Waals surface area contributed by atoms with Crippen molar-refractivity contribution in [1.29, 1.82) is 0 Å². The summed E-state index contributed by atoms with van der Waals surface area (Å²) in [4.78, 5) is 5.87. The van der Waals surface area contributed by atoms with Gasteiger partial charge in [0.2, 0.25) is 0 Å². The lowest BCUT2D eigenvalue weighted by atomic mass is 10.2. The van der Waals surface area contributed by atoms with Crippen molar-refractivity contribution in [2.24, 2.45) is 0 Å². The van der Waals surface area contributed by atoms with Gasteiger partial charge in [-0.3, -0.25) is 4.90 Å². The lowest BCUT2D eigenvalue weighted by Crippen LogP contribution is -2.39. The zero-order valence-corrected chi connectivity index (χ0v) is 12.9. The topological polar surface area (TPSA) is 31.1 Å². The van der Waals surface area contributed by atoms with E-state index < -0.39 is 0 Å². The van der Waals surface area contributed by atoms with Gasteiger partial charge in [0.1, 0.15) is 0 Å². The lowest BCUT2D eigenvalue weighted by molar-refractivity contribution is 0.241. The van der Waals surface area contributed by atoms with Crippen LogP contribution in [0.1, 0.15) is 25.5 Å². The van der Waals surface area contributed by atoms with Crippen molar-refractivity contribution in [3.63, 3.8) is 0 Å². The molecule has 3 rings (SSSR count). The predicted molar refractivity (Wildman–Crippen MR) is 85.3 cm³/mol. The van der Waals surface area contributed by atoms with E-state index in [9.17, 15) is 0 Å². The Morgan fingerprint density at radius 2 is 2.15 bits per heavy atom. The molecule has 2 aromatic rings. The van der Waals surface area contributed by atoms with Gasteiger partial charge in [-0.15, -0.1) is 0 Å². The first kappa shape index (κ1) is 13.9. The molecule has 1 heterocycles. The Labute approximate surface area is 125 Å². The van der Waals surface area contributed by atoms with Crippen molar-refractivity contribution in [1.82, 2.24) is 15.2 Å². The molecular formula is C16H22ClN3. The van der Waals surface area contributed by atoms with Crippen LogP contribution in [0.4, 0.5) is 0 Å². The number of likely N-dealkylation sites (N-methyl/N-ethyl adjacent to an activating group) is 1. The van der Waals surface area contributed by atoms with Crippen LogP contribution in [0.2, 0.25) is 5.02 Å². The number of hydrogen-bond donors (Lipinski definition) is 2. The summed E-state index contributed by atoms with van der Waals surface area (Å²) in [7, 11) is 2.22. The molecule has 1 aliphatic carbocycles. The van der Waals surface area contributed by atoms with Crippen molar-refractivity contribution in [2.45, 2.75) is 38.4 Å². The maximum absolute atomic E-state index is 6.41. The first-order valence-corrected chi connectivity index (χ1v) is 7.72. The molecule has 1 aliphatic rings. The van der Waals surface area contributed by atoms with Crippen LogP contribution in [0.3, 0.4) is 0 Å². The van der Waals surface area contributed by atoms with Crippen molar-refractivity contribution in [2.75, 3.05) is 13.6 Å². The lowest BCUT2D eigenvalue weighted by Gasteiger charge is -2.24. The Morgan fingerprint density at radius 3 is 2.85 bits per heavy atom. The van der Waals surface area contributed by atoms with Gasteiger partial charge in [0.25, 0.3) is 0 Å². The quantitative estimate of drug-likeness (QED) is 0.855. The summed E-state index contributed by atoms with van der Waals surface area (Å²) in [6.07, 6.45) is 2.71. The number of H-pyrrole nitrogens is 1. The van der Waals surface area contributed by atoms with E-state index in [0.717, 1.165) is 40.8 Å². The highest BCUT2D eigenvalue weighted by molar-refractivity contribution is 6.36. The molecule has 0 radical (unpaired) electrons. The average molecular weight is 292 g/mol. The maximum atomic E-state index is 6.41. The maximum Gasteiger partial charge on any atom is 0.0705 e. The van der Waals surface area contributed by atoms with Gasteiger partial charge >= 0.3 is 0 Å². The highest BCUT2D eigenvalue weighted by Gasteiger charge is 2.28. The molecule has 3 nitrogen and oxygen atoms in total. The number of para-hydroxylation sites is 1. The van der Waals surface area contributed by atoms with Crippen LogP contribution in [0.25, 0.3) is 10.9 Å².